The topological polar surface area (TPSA) is 33.2 Å². The average Bonchev–Trinajstić information content (AvgIpc) is 2.26. The zero-order valence-electron chi connectivity index (χ0n) is 9.58. The van der Waals surface area contributed by atoms with Crippen molar-refractivity contribution in [3.05, 3.63) is 24.0 Å². The summed E-state index contributed by atoms with van der Waals surface area (Å²) in [4.78, 5) is 16.1. The summed E-state index contributed by atoms with van der Waals surface area (Å²) in [5.41, 5.74) is 0.603. The summed E-state index contributed by atoms with van der Waals surface area (Å²) in [5, 5.41) is 0. The molecule has 0 aliphatic carbocycles. The van der Waals surface area contributed by atoms with Gasteiger partial charge in [0.25, 0.3) is 0 Å². The predicted octanol–water partition coefficient (Wildman–Crippen LogP) is 2.67. The van der Waals surface area contributed by atoms with Crippen LogP contribution in [-0.4, -0.2) is 30.5 Å². The van der Waals surface area contributed by atoms with Crippen LogP contribution in [0.5, 0.6) is 0 Å². The van der Waals surface area contributed by atoms with Crippen molar-refractivity contribution in [2.75, 3.05) is 18.5 Å². The highest BCUT2D eigenvalue weighted by Gasteiger charge is 2.29. The molecule has 0 aromatic carbocycles. The molecule has 17 heavy (non-hydrogen) atoms. The molecule has 0 radical (unpaired) electrons. The van der Waals surface area contributed by atoms with Crippen LogP contribution in [0.3, 0.4) is 0 Å². The molecule has 0 saturated carbocycles. The van der Waals surface area contributed by atoms with Crippen LogP contribution in [0.25, 0.3) is 0 Å². The average molecular weight is 246 g/mol. The highest BCUT2D eigenvalue weighted by atomic mass is 19.4. The van der Waals surface area contributed by atoms with Crippen LogP contribution < -0.4 is 4.90 Å². The number of alkyl halides is 3. The monoisotopic (exact) mass is 246 g/mol. The number of ketones is 1. The van der Waals surface area contributed by atoms with E-state index in [0.29, 0.717) is 12.1 Å². The Hall–Kier alpha value is -1.59. The molecule has 94 valence electrons. The van der Waals surface area contributed by atoms with Gasteiger partial charge in [0.1, 0.15) is 12.2 Å². The molecule has 1 aromatic rings. The molecule has 6 heteroatoms. The van der Waals surface area contributed by atoms with Gasteiger partial charge in [0.2, 0.25) is 0 Å². The molecule has 0 N–H and O–H groups in total. The fraction of sp³-hybridized carbons (Fsp3) is 0.455. The van der Waals surface area contributed by atoms with E-state index in [4.69, 9.17) is 0 Å². The number of carbonyl (C=O) groups is 1. The third-order valence-electron chi connectivity index (χ3n) is 2.21. The van der Waals surface area contributed by atoms with Gasteiger partial charge >= 0.3 is 6.18 Å². The van der Waals surface area contributed by atoms with Crippen LogP contribution in [-0.2, 0) is 0 Å². The van der Waals surface area contributed by atoms with Gasteiger partial charge in [-0.1, -0.05) is 6.92 Å². The number of rotatable bonds is 4. The lowest BCUT2D eigenvalue weighted by molar-refractivity contribution is -0.119. The van der Waals surface area contributed by atoms with Crippen molar-refractivity contribution in [1.29, 1.82) is 0 Å². The second-order valence-corrected chi connectivity index (χ2v) is 3.65. The molecule has 0 spiro atoms. The summed E-state index contributed by atoms with van der Waals surface area (Å²) in [5.74, 6) is -0.130. The van der Waals surface area contributed by atoms with E-state index in [1.165, 1.54) is 25.4 Å². The summed E-state index contributed by atoms with van der Waals surface area (Å²) >= 11 is 0. The molecule has 0 aliphatic rings. The van der Waals surface area contributed by atoms with E-state index in [2.05, 4.69) is 4.98 Å². The highest BCUT2D eigenvalue weighted by molar-refractivity contribution is 5.94. The number of carbonyl (C=O) groups excluding carboxylic acids is 1. The summed E-state index contributed by atoms with van der Waals surface area (Å²) in [6.07, 6.45) is -2.66. The number of Topliss-reactive ketones (excluding diaryl/α,β-unsaturated/α-hetero) is 1. The van der Waals surface area contributed by atoms with Crippen LogP contribution in [0.4, 0.5) is 18.9 Å². The fourth-order valence-electron chi connectivity index (χ4n) is 1.32. The summed E-state index contributed by atoms with van der Waals surface area (Å²) in [7, 11) is 1.33. The van der Waals surface area contributed by atoms with Crippen molar-refractivity contribution in [3.63, 3.8) is 0 Å². The maximum atomic E-state index is 12.1. The number of nitrogens with zero attached hydrogens (tertiary/aromatic N) is 2. The van der Waals surface area contributed by atoms with Gasteiger partial charge in [-0.05, 0) is 12.1 Å². The third-order valence-corrected chi connectivity index (χ3v) is 2.21. The Kier molecular flexibility index (Phi) is 4.09. The van der Waals surface area contributed by atoms with Gasteiger partial charge in [-0.2, -0.15) is 13.2 Å². The van der Waals surface area contributed by atoms with Crippen molar-refractivity contribution in [3.8, 4) is 0 Å². The van der Waals surface area contributed by atoms with Gasteiger partial charge in [-0.25, -0.2) is 0 Å². The SMILES string of the molecule is CCC(=O)c1ccc(N(C)CC(F)(F)F)cn1. The van der Waals surface area contributed by atoms with E-state index in [1.807, 2.05) is 0 Å². The molecule has 1 rings (SSSR count). The van der Waals surface area contributed by atoms with Gasteiger partial charge in [0.15, 0.2) is 5.78 Å². The molecule has 1 aromatic heterocycles. The molecular weight excluding hydrogens is 233 g/mol. The lowest BCUT2D eigenvalue weighted by Gasteiger charge is -2.20. The van der Waals surface area contributed by atoms with Crippen LogP contribution in [0, 0.1) is 0 Å². The first-order chi connectivity index (χ1) is 7.83. The largest absolute Gasteiger partial charge is 0.405 e. The Morgan fingerprint density at radius 1 is 1.41 bits per heavy atom. The standard InChI is InChI=1S/C11H13F3N2O/c1-3-10(17)9-5-4-8(6-15-9)16(2)7-11(12,13)14/h4-6H,3,7H2,1-2H3. The first-order valence-corrected chi connectivity index (χ1v) is 5.10. The van der Waals surface area contributed by atoms with Gasteiger partial charge in [-0.3, -0.25) is 9.78 Å². The molecule has 3 nitrogen and oxygen atoms in total. The van der Waals surface area contributed by atoms with Crippen molar-refractivity contribution in [2.24, 2.45) is 0 Å². The van der Waals surface area contributed by atoms with Gasteiger partial charge in [0, 0.05) is 13.5 Å². The van der Waals surface area contributed by atoms with E-state index in [-0.39, 0.29) is 11.5 Å². The van der Waals surface area contributed by atoms with Gasteiger partial charge < -0.3 is 4.90 Å². The fourth-order valence-corrected chi connectivity index (χ4v) is 1.32. The third kappa shape index (κ3) is 4.05. The molecule has 0 amide bonds. The summed E-state index contributed by atoms with van der Waals surface area (Å²) in [6.45, 7) is 0.656. The van der Waals surface area contributed by atoms with Crippen molar-refractivity contribution < 1.29 is 18.0 Å². The first-order valence-electron chi connectivity index (χ1n) is 5.10. The maximum absolute atomic E-state index is 12.1. The van der Waals surface area contributed by atoms with Gasteiger partial charge in [-0.15, -0.1) is 0 Å². The normalized spacial score (nSPS) is 11.4. The molecule has 0 atom stereocenters. The lowest BCUT2D eigenvalue weighted by atomic mass is 10.2. The van der Waals surface area contributed by atoms with E-state index >= 15 is 0 Å². The Labute approximate surface area is 97.3 Å². The van der Waals surface area contributed by atoms with E-state index in [1.54, 1.807) is 6.92 Å². The number of aromatic nitrogens is 1. The zero-order chi connectivity index (χ0) is 13.1. The number of hydrogen-bond donors (Lipinski definition) is 0. The number of hydrogen-bond acceptors (Lipinski definition) is 3. The minimum Gasteiger partial charge on any atom is -0.364 e. The van der Waals surface area contributed by atoms with Crippen molar-refractivity contribution >= 4 is 11.5 Å². The predicted molar refractivity (Wildman–Crippen MR) is 58.2 cm³/mol. The Morgan fingerprint density at radius 2 is 2.06 bits per heavy atom. The van der Waals surface area contributed by atoms with Crippen molar-refractivity contribution in [2.45, 2.75) is 19.5 Å². The van der Waals surface area contributed by atoms with E-state index in [0.717, 1.165) is 4.90 Å². The van der Waals surface area contributed by atoms with Gasteiger partial charge in [0.05, 0.1) is 11.9 Å². The van der Waals surface area contributed by atoms with Crippen LogP contribution in [0.1, 0.15) is 23.8 Å². The zero-order valence-corrected chi connectivity index (χ0v) is 9.58. The minimum atomic E-state index is -4.26. The first kappa shape index (κ1) is 13.5. The minimum absolute atomic E-state index is 0.130. The molecule has 1 heterocycles. The lowest BCUT2D eigenvalue weighted by Crippen LogP contribution is -2.30. The maximum Gasteiger partial charge on any atom is 0.405 e. The van der Waals surface area contributed by atoms with Crippen LogP contribution in [0.2, 0.25) is 0 Å². The molecule has 0 unspecified atom stereocenters. The van der Waals surface area contributed by atoms with Crippen LogP contribution in [0.15, 0.2) is 18.3 Å². The molecular formula is C11H13F3N2O. The Bertz CT molecular complexity index is 387. The number of anilines is 1. The Morgan fingerprint density at radius 3 is 2.47 bits per heavy atom. The van der Waals surface area contributed by atoms with E-state index in [9.17, 15) is 18.0 Å². The van der Waals surface area contributed by atoms with Crippen molar-refractivity contribution in [1.82, 2.24) is 4.98 Å². The molecule has 0 aliphatic heterocycles. The summed E-state index contributed by atoms with van der Waals surface area (Å²) < 4.78 is 36.4. The molecule has 0 saturated heterocycles. The smallest absolute Gasteiger partial charge is 0.364 e. The second kappa shape index (κ2) is 5.16. The van der Waals surface area contributed by atoms with E-state index < -0.39 is 12.7 Å². The number of pyridine rings is 1. The number of halogens is 3. The molecule has 0 bridgehead atoms. The second-order valence-electron chi connectivity index (χ2n) is 3.65. The molecule has 0 fully saturated rings. The Balaban J connectivity index is 2.77. The van der Waals surface area contributed by atoms with Crippen LogP contribution >= 0.6 is 0 Å². The summed E-state index contributed by atoms with van der Waals surface area (Å²) in [6, 6.07) is 2.90. The quantitative estimate of drug-likeness (QED) is 0.766. The highest BCUT2D eigenvalue weighted by Crippen LogP contribution is 2.20.